The first kappa shape index (κ1) is 19.3. The minimum absolute atomic E-state index is 0.122. The monoisotopic (exact) mass is 402 g/mol. The van der Waals surface area contributed by atoms with Crippen molar-refractivity contribution in [2.45, 2.75) is 63.8 Å². The molecule has 3 aliphatic rings. The number of hydrogen-bond acceptors (Lipinski definition) is 2. The first-order valence-electron chi connectivity index (χ1n) is 11.5. The number of rotatable bonds is 3. The van der Waals surface area contributed by atoms with Crippen LogP contribution in [0.3, 0.4) is 0 Å². The molecule has 5 rings (SSSR count). The predicted octanol–water partition coefficient (Wildman–Crippen LogP) is 5.22. The Morgan fingerprint density at radius 2 is 1.53 bits per heavy atom. The number of fused-ring (bicyclic) bond motifs is 2. The van der Waals surface area contributed by atoms with Crippen molar-refractivity contribution >= 4 is 17.5 Å². The molecule has 0 bridgehead atoms. The minimum atomic E-state index is -0.128. The molecule has 1 unspecified atom stereocenters. The summed E-state index contributed by atoms with van der Waals surface area (Å²) >= 11 is 0. The van der Waals surface area contributed by atoms with Gasteiger partial charge in [-0.05, 0) is 98.4 Å². The Labute approximate surface area is 178 Å². The maximum absolute atomic E-state index is 13.2. The highest BCUT2D eigenvalue weighted by molar-refractivity contribution is 6.05. The van der Waals surface area contributed by atoms with Crippen molar-refractivity contribution in [1.29, 1.82) is 0 Å². The van der Waals surface area contributed by atoms with Gasteiger partial charge in [0.25, 0.3) is 11.8 Å². The van der Waals surface area contributed by atoms with Gasteiger partial charge in [-0.2, -0.15) is 0 Å². The van der Waals surface area contributed by atoms with Crippen LogP contribution < -0.4 is 5.32 Å². The van der Waals surface area contributed by atoms with E-state index in [1.54, 1.807) is 12.1 Å². The Morgan fingerprint density at radius 3 is 2.40 bits per heavy atom. The fourth-order valence-corrected chi connectivity index (χ4v) is 5.66. The van der Waals surface area contributed by atoms with Crippen LogP contribution in [0.2, 0.25) is 0 Å². The Morgan fingerprint density at radius 1 is 0.800 bits per heavy atom. The molecule has 2 amide bonds. The molecule has 2 aliphatic carbocycles. The van der Waals surface area contributed by atoms with Gasteiger partial charge in [0.1, 0.15) is 0 Å². The molecule has 2 atom stereocenters. The molecular formula is C26H30N2O2. The molecule has 2 fully saturated rings. The minimum Gasteiger partial charge on any atom is -0.335 e. The number of nitrogens with zero attached hydrogens (tertiary/aromatic N) is 1. The number of piperidine rings is 1. The van der Waals surface area contributed by atoms with Gasteiger partial charge < -0.3 is 10.2 Å². The van der Waals surface area contributed by atoms with E-state index in [4.69, 9.17) is 0 Å². The van der Waals surface area contributed by atoms with Gasteiger partial charge >= 0.3 is 0 Å². The van der Waals surface area contributed by atoms with Crippen molar-refractivity contribution in [2.24, 2.45) is 5.92 Å². The predicted molar refractivity (Wildman–Crippen MR) is 119 cm³/mol. The number of benzene rings is 2. The molecule has 156 valence electrons. The van der Waals surface area contributed by atoms with Crippen molar-refractivity contribution in [1.82, 2.24) is 4.90 Å². The number of carbonyl (C=O) groups is 2. The second kappa shape index (κ2) is 8.25. The highest BCUT2D eigenvalue weighted by atomic mass is 16.2. The van der Waals surface area contributed by atoms with Crippen molar-refractivity contribution in [2.75, 3.05) is 11.9 Å². The van der Waals surface area contributed by atoms with E-state index in [0.29, 0.717) is 23.1 Å². The lowest BCUT2D eigenvalue weighted by Gasteiger charge is -2.44. The number of amides is 2. The molecule has 1 aliphatic heterocycles. The number of hydrogen-bond donors (Lipinski definition) is 1. The highest BCUT2D eigenvalue weighted by Crippen LogP contribution is 2.36. The summed E-state index contributed by atoms with van der Waals surface area (Å²) < 4.78 is 0. The third-order valence-electron chi connectivity index (χ3n) is 7.25. The van der Waals surface area contributed by atoms with Gasteiger partial charge in [0.05, 0.1) is 0 Å². The molecule has 1 N–H and O–H groups in total. The normalized spacial score (nSPS) is 22.9. The summed E-state index contributed by atoms with van der Waals surface area (Å²) in [5.41, 5.74) is 4.86. The second-order valence-corrected chi connectivity index (χ2v) is 9.12. The summed E-state index contributed by atoms with van der Waals surface area (Å²) in [7, 11) is 0. The zero-order valence-corrected chi connectivity index (χ0v) is 17.5. The molecule has 30 heavy (non-hydrogen) atoms. The lowest BCUT2D eigenvalue weighted by molar-refractivity contribution is 0.0390. The van der Waals surface area contributed by atoms with Crippen LogP contribution in [0.5, 0.6) is 0 Å². The van der Waals surface area contributed by atoms with Crippen molar-refractivity contribution in [3.8, 4) is 0 Å². The average Bonchev–Trinajstić information content (AvgIpc) is 3.26. The van der Waals surface area contributed by atoms with Crippen molar-refractivity contribution < 1.29 is 9.59 Å². The summed E-state index contributed by atoms with van der Waals surface area (Å²) in [5, 5.41) is 3.00. The maximum atomic E-state index is 13.2. The topological polar surface area (TPSA) is 49.4 Å². The molecular weight excluding hydrogens is 372 g/mol. The SMILES string of the molecule is O=C(Nc1ccc2c(c1)CCC2)c1ccc(C(=O)N2CCCC3CCCC[C@@H]32)cc1. The van der Waals surface area contributed by atoms with Gasteiger partial charge in [-0.1, -0.05) is 18.9 Å². The Hall–Kier alpha value is -2.62. The molecule has 0 spiro atoms. The zero-order valence-electron chi connectivity index (χ0n) is 17.5. The molecule has 1 saturated carbocycles. The molecule has 2 aromatic rings. The number of likely N-dealkylation sites (tertiary alicyclic amines) is 1. The van der Waals surface area contributed by atoms with Gasteiger partial charge in [0.2, 0.25) is 0 Å². The average molecular weight is 403 g/mol. The number of anilines is 1. The zero-order chi connectivity index (χ0) is 20.5. The van der Waals surface area contributed by atoms with E-state index in [-0.39, 0.29) is 11.8 Å². The number of carbonyl (C=O) groups excluding carboxylic acids is 2. The van der Waals surface area contributed by atoms with E-state index < -0.39 is 0 Å². The van der Waals surface area contributed by atoms with Gasteiger partial charge in [-0.25, -0.2) is 0 Å². The van der Waals surface area contributed by atoms with Crippen LogP contribution in [-0.2, 0) is 12.8 Å². The van der Waals surface area contributed by atoms with E-state index in [1.807, 2.05) is 18.2 Å². The van der Waals surface area contributed by atoms with Crippen LogP contribution in [0.15, 0.2) is 42.5 Å². The fourth-order valence-electron chi connectivity index (χ4n) is 5.66. The molecule has 4 heteroatoms. The largest absolute Gasteiger partial charge is 0.335 e. The first-order valence-corrected chi connectivity index (χ1v) is 11.5. The smallest absolute Gasteiger partial charge is 0.255 e. The van der Waals surface area contributed by atoms with E-state index in [2.05, 4.69) is 22.3 Å². The fraction of sp³-hybridized carbons (Fsp3) is 0.462. The standard InChI is InChI=1S/C26H30N2O2/c29-25(27-23-15-14-18-6-3-7-22(18)17-23)20-10-12-21(13-11-20)26(30)28-16-4-8-19-5-1-2-9-24(19)28/h10-15,17,19,24H,1-9,16H2,(H,27,29)/t19?,24-/m0/s1. The summed E-state index contributed by atoms with van der Waals surface area (Å²) in [6.45, 7) is 0.862. The summed E-state index contributed by atoms with van der Waals surface area (Å²) in [6, 6.07) is 13.8. The van der Waals surface area contributed by atoms with Crippen LogP contribution in [0.4, 0.5) is 5.69 Å². The molecule has 0 radical (unpaired) electrons. The van der Waals surface area contributed by atoms with E-state index in [0.717, 1.165) is 37.9 Å². The van der Waals surface area contributed by atoms with E-state index in [1.165, 1.54) is 43.2 Å². The van der Waals surface area contributed by atoms with Gasteiger partial charge in [-0.3, -0.25) is 9.59 Å². The van der Waals surface area contributed by atoms with Crippen LogP contribution in [0, 0.1) is 5.92 Å². The first-order chi connectivity index (χ1) is 14.7. The van der Waals surface area contributed by atoms with Crippen LogP contribution in [-0.4, -0.2) is 29.3 Å². The maximum Gasteiger partial charge on any atom is 0.255 e. The third kappa shape index (κ3) is 3.76. The second-order valence-electron chi connectivity index (χ2n) is 9.12. The lowest BCUT2D eigenvalue weighted by atomic mass is 9.78. The van der Waals surface area contributed by atoms with Gasteiger partial charge in [-0.15, -0.1) is 0 Å². The molecule has 0 aromatic heterocycles. The summed E-state index contributed by atoms with van der Waals surface area (Å²) in [5.74, 6) is 0.670. The lowest BCUT2D eigenvalue weighted by Crippen LogP contribution is -2.49. The number of nitrogens with one attached hydrogen (secondary N) is 1. The van der Waals surface area contributed by atoms with Crippen molar-refractivity contribution in [3.63, 3.8) is 0 Å². The third-order valence-corrected chi connectivity index (χ3v) is 7.25. The van der Waals surface area contributed by atoms with Crippen LogP contribution in [0.25, 0.3) is 0 Å². The van der Waals surface area contributed by atoms with Crippen molar-refractivity contribution in [3.05, 3.63) is 64.7 Å². The summed E-state index contributed by atoms with van der Waals surface area (Å²) in [6.07, 6.45) is 10.7. The van der Waals surface area contributed by atoms with Gasteiger partial charge in [0, 0.05) is 29.4 Å². The van der Waals surface area contributed by atoms with Crippen LogP contribution in [0.1, 0.15) is 76.8 Å². The van der Waals surface area contributed by atoms with E-state index >= 15 is 0 Å². The Balaban J connectivity index is 1.26. The quantitative estimate of drug-likeness (QED) is 0.765. The van der Waals surface area contributed by atoms with E-state index in [9.17, 15) is 9.59 Å². The molecule has 2 aromatic carbocycles. The Kier molecular flexibility index (Phi) is 5.32. The summed E-state index contributed by atoms with van der Waals surface area (Å²) in [4.78, 5) is 27.9. The molecule has 4 nitrogen and oxygen atoms in total. The number of aryl methyl sites for hydroxylation is 2. The van der Waals surface area contributed by atoms with Gasteiger partial charge in [0.15, 0.2) is 0 Å². The highest BCUT2D eigenvalue weighted by Gasteiger charge is 2.35. The van der Waals surface area contributed by atoms with Crippen LogP contribution >= 0.6 is 0 Å². The molecule has 1 saturated heterocycles. The Bertz CT molecular complexity index is 948. The molecule has 1 heterocycles.